The first-order valence-electron chi connectivity index (χ1n) is 7.07. The van der Waals surface area contributed by atoms with Crippen molar-refractivity contribution in [3.8, 4) is 5.88 Å². The summed E-state index contributed by atoms with van der Waals surface area (Å²) < 4.78 is 5.45. The minimum absolute atomic E-state index is 0.0264. The molecule has 1 N–H and O–H groups in total. The molecule has 0 aliphatic rings. The molecule has 122 valence electrons. The highest BCUT2D eigenvalue weighted by atomic mass is 35.5. The lowest BCUT2D eigenvalue weighted by Crippen LogP contribution is -2.28. The van der Waals surface area contributed by atoms with Gasteiger partial charge in [0.05, 0.1) is 12.2 Å². The van der Waals surface area contributed by atoms with E-state index in [2.05, 4.69) is 4.98 Å². The normalized spacial score (nSPS) is 10.6. The molecule has 0 bridgehead atoms. The van der Waals surface area contributed by atoms with Crippen LogP contribution < -0.4 is 4.74 Å². The summed E-state index contributed by atoms with van der Waals surface area (Å²) in [6, 6.07) is 1.51. The second kappa shape index (κ2) is 8.58. The van der Waals surface area contributed by atoms with Gasteiger partial charge in [0, 0.05) is 26.2 Å². The number of halogens is 1. The van der Waals surface area contributed by atoms with E-state index in [9.17, 15) is 9.59 Å². The number of carbonyl (C=O) groups is 2. The molecule has 0 spiro atoms. The number of hydrogen-bond donors (Lipinski definition) is 1. The predicted octanol–water partition coefficient (Wildman–Crippen LogP) is 2.71. The number of aromatic nitrogens is 1. The van der Waals surface area contributed by atoms with Crippen molar-refractivity contribution in [3.63, 3.8) is 0 Å². The number of ether oxygens (including phenoxy) is 1. The Labute approximate surface area is 135 Å². The van der Waals surface area contributed by atoms with Crippen molar-refractivity contribution in [3.05, 3.63) is 22.8 Å². The fraction of sp³-hybridized carbons (Fsp3) is 0.533. The van der Waals surface area contributed by atoms with Crippen molar-refractivity contribution in [1.29, 1.82) is 0 Å². The molecule has 1 heterocycles. The number of carboxylic acid groups (broad SMARTS) is 1. The number of nitrogens with zero attached hydrogens (tertiary/aromatic N) is 2. The van der Waals surface area contributed by atoms with E-state index in [0.717, 1.165) is 0 Å². The van der Waals surface area contributed by atoms with Crippen molar-refractivity contribution in [2.75, 3.05) is 20.2 Å². The van der Waals surface area contributed by atoms with E-state index in [-0.39, 0.29) is 17.4 Å². The van der Waals surface area contributed by atoms with Crippen LogP contribution in [0.3, 0.4) is 0 Å². The van der Waals surface area contributed by atoms with Gasteiger partial charge in [0.15, 0.2) is 0 Å². The van der Waals surface area contributed by atoms with E-state index >= 15 is 0 Å². The molecule has 0 unspecified atom stereocenters. The monoisotopic (exact) mass is 328 g/mol. The standard InChI is InChI=1S/C15H21ClN2O4/c1-10(2)9-22-14-12(16)7-11(8-17-14)15(21)18(3)6-4-5-13(19)20/h7-8,10H,4-6,9H2,1-3H3,(H,19,20). The number of carboxylic acids is 1. The second-order valence-electron chi connectivity index (χ2n) is 5.44. The first kappa shape index (κ1) is 18.2. The van der Waals surface area contributed by atoms with Gasteiger partial charge in [-0.15, -0.1) is 0 Å². The lowest BCUT2D eigenvalue weighted by molar-refractivity contribution is -0.137. The van der Waals surface area contributed by atoms with Crippen LogP contribution in [0.15, 0.2) is 12.3 Å². The van der Waals surface area contributed by atoms with E-state index in [1.54, 1.807) is 7.05 Å². The first-order valence-corrected chi connectivity index (χ1v) is 7.44. The molecule has 1 aromatic rings. The first-order chi connectivity index (χ1) is 10.3. The summed E-state index contributed by atoms with van der Waals surface area (Å²) in [6.07, 6.45) is 1.84. The van der Waals surface area contributed by atoms with Crippen LogP contribution in [0.5, 0.6) is 5.88 Å². The van der Waals surface area contributed by atoms with Gasteiger partial charge in [-0.2, -0.15) is 0 Å². The highest BCUT2D eigenvalue weighted by molar-refractivity contribution is 6.32. The zero-order chi connectivity index (χ0) is 16.7. The van der Waals surface area contributed by atoms with Crippen LogP contribution >= 0.6 is 11.6 Å². The zero-order valence-corrected chi connectivity index (χ0v) is 13.8. The summed E-state index contributed by atoms with van der Waals surface area (Å²) in [5.41, 5.74) is 0.347. The van der Waals surface area contributed by atoms with E-state index in [1.165, 1.54) is 17.2 Å². The average molecular weight is 329 g/mol. The van der Waals surface area contributed by atoms with Gasteiger partial charge in [-0.3, -0.25) is 9.59 Å². The van der Waals surface area contributed by atoms with Crippen LogP contribution in [0.25, 0.3) is 0 Å². The molecule has 7 heteroatoms. The lowest BCUT2D eigenvalue weighted by atomic mass is 10.2. The Bertz CT molecular complexity index is 534. The summed E-state index contributed by atoms with van der Waals surface area (Å²) in [6.45, 7) is 4.87. The molecule has 0 aliphatic carbocycles. The number of hydrogen-bond acceptors (Lipinski definition) is 4. The zero-order valence-electron chi connectivity index (χ0n) is 13.0. The van der Waals surface area contributed by atoms with Gasteiger partial charge in [-0.05, 0) is 18.4 Å². The SMILES string of the molecule is CC(C)COc1ncc(C(=O)N(C)CCCC(=O)O)cc1Cl. The molecule has 0 radical (unpaired) electrons. The highest BCUT2D eigenvalue weighted by Gasteiger charge is 2.15. The Hall–Kier alpha value is -1.82. The molecule has 1 rings (SSSR count). The minimum atomic E-state index is -0.878. The van der Waals surface area contributed by atoms with Gasteiger partial charge in [-0.25, -0.2) is 4.98 Å². The number of aliphatic carboxylic acids is 1. The van der Waals surface area contributed by atoms with Gasteiger partial charge in [-0.1, -0.05) is 25.4 Å². The Balaban J connectivity index is 2.65. The molecule has 1 amide bonds. The van der Waals surface area contributed by atoms with E-state index in [0.29, 0.717) is 36.9 Å². The van der Waals surface area contributed by atoms with Crippen LogP contribution in [-0.4, -0.2) is 47.1 Å². The van der Waals surface area contributed by atoms with Gasteiger partial charge < -0.3 is 14.7 Å². The molecule has 0 atom stereocenters. The van der Waals surface area contributed by atoms with Crippen LogP contribution in [0, 0.1) is 5.92 Å². The van der Waals surface area contributed by atoms with E-state index in [4.69, 9.17) is 21.4 Å². The third kappa shape index (κ3) is 5.89. The molecule has 0 saturated carbocycles. The van der Waals surface area contributed by atoms with Gasteiger partial charge in [0.25, 0.3) is 5.91 Å². The number of amides is 1. The van der Waals surface area contributed by atoms with Crippen molar-refractivity contribution < 1.29 is 19.4 Å². The smallest absolute Gasteiger partial charge is 0.303 e. The summed E-state index contributed by atoms with van der Waals surface area (Å²) in [5.74, 6) is -0.479. The van der Waals surface area contributed by atoms with Gasteiger partial charge in [0.2, 0.25) is 5.88 Å². The highest BCUT2D eigenvalue weighted by Crippen LogP contribution is 2.23. The fourth-order valence-corrected chi connectivity index (χ4v) is 1.90. The molecular weight excluding hydrogens is 308 g/mol. The van der Waals surface area contributed by atoms with Crippen molar-refractivity contribution in [1.82, 2.24) is 9.88 Å². The van der Waals surface area contributed by atoms with Crippen molar-refractivity contribution in [2.24, 2.45) is 5.92 Å². The second-order valence-corrected chi connectivity index (χ2v) is 5.85. The predicted molar refractivity (Wildman–Crippen MR) is 83.4 cm³/mol. The average Bonchev–Trinajstić information content (AvgIpc) is 2.44. The largest absolute Gasteiger partial charge is 0.481 e. The van der Waals surface area contributed by atoms with Crippen molar-refractivity contribution >= 4 is 23.5 Å². The Morgan fingerprint density at radius 1 is 1.45 bits per heavy atom. The maximum absolute atomic E-state index is 12.2. The van der Waals surface area contributed by atoms with Crippen LogP contribution in [0.1, 0.15) is 37.0 Å². The van der Waals surface area contributed by atoms with Crippen LogP contribution in [0.2, 0.25) is 5.02 Å². The maximum Gasteiger partial charge on any atom is 0.303 e. The minimum Gasteiger partial charge on any atom is -0.481 e. The molecule has 0 fully saturated rings. The maximum atomic E-state index is 12.2. The summed E-state index contributed by atoms with van der Waals surface area (Å²) in [5, 5.41) is 8.88. The number of rotatable bonds is 8. The number of pyridine rings is 1. The van der Waals surface area contributed by atoms with E-state index in [1.807, 2.05) is 13.8 Å². The Morgan fingerprint density at radius 2 is 2.14 bits per heavy atom. The molecule has 0 aromatic carbocycles. The lowest BCUT2D eigenvalue weighted by Gasteiger charge is -2.17. The van der Waals surface area contributed by atoms with Gasteiger partial charge >= 0.3 is 5.97 Å². The topological polar surface area (TPSA) is 79.7 Å². The molecular formula is C15H21ClN2O4. The quantitative estimate of drug-likeness (QED) is 0.793. The van der Waals surface area contributed by atoms with Gasteiger partial charge in [0.1, 0.15) is 5.02 Å². The number of carbonyl (C=O) groups excluding carboxylic acids is 1. The summed E-state index contributed by atoms with van der Waals surface area (Å²) in [4.78, 5) is 28.2. The summed E-state index contributed by atoms with van der Waals surface area (Å²) in [7, 11) is 1.61. The molecule has 1 aromatic heterocycles. The summed E-state index contributed by atoms with van der Waals surface area (Å²) >= 11 is 6.07. The molecule has 0 saturated heterocycles. The molecule has 6 nitrogen and oxygen atoms in total. The van der Waals surface area contributed by atoms with E-state index < -0.39 is 5.97 Å². The third-order valence-corrected chi connectivity index (χ3v) is 3.11. The molecule has 22 heavy (non-hydrogen) atoms. The Kier molecular flexibility index (Phi) is 7.11. The fourth-order valence-electron chi connectivity index (χ4n) is 1.68. The van der Waals surface area contributed by atoms with Crippen LogP contribution in [-0.2, 0) is 4.79 Å². The van der Waals surface area contributed by atoms with Crippen LogP contribution in [0.4, 0.5) is 0 Å². The molecule has 0 aliphatic heterocycles. The van der Waals surface area contributed by atoms with Crippen molar-refractivity contribution in [2.45, 2.75) is 26.7 Å². The Morgan fingerprint density at radius 3 is 2.68 bits per heavy atom. The third-order valence-electron chi connectivity index (χ3n) is 2.84.